The summed E-state index contributed by atoms with van der Waals surface area (Å²) < 4.78 is 2.25. The van der Waals surface area contributed by atoms with Crippen molar-refractivity contribution >= 4 is 16.9 Å². The standard InChI is InChI=1S/C17H23NO2/c1-4-7-8-13-11-18(6-3)16-12(5-2)9-14(17(19)20)10-15(13)16/h9-11H,4-8H2,1-3H3,(H,19,20). The van der Waals surface area contributed by atoms with Crippen LogP contribution in [-0.2, 0) is 19.4 Å². The highest BCUT2D eigenvalue weighted by atomic mass is 16.4. The zero-order chi connectivity index (χ0) is 14.7. The molecule has 0 fully saturated rings. The Hall–Kier alpha value is -1.77. The Balaban J connectivity index is 2.69. The first-order chi connectivity index (χ1) is 9.62. The van der Waals surface area contributed by atoms with Crippen LogP contribution < -0.4 is 0 Å². The molecule has 0 saturated carbocycles. The van der Waals surface area contributed by atoms with Gasteiger partial charge in [-0.2, -0.15) is 0 Å². The lowest BCUT2D eigenvalue weighted by atomic mass is 10.0. The van der Waals surface area contributed by atoms with E-state index in [1.165, 1.54) is 11.1 Å². The van der Waals surface area contributed by atoms with Gasteiger partial charge in [-0.1, -0.05) is 20.3 Å². The van der Waals surface area contributed by atoms with E-state index in [0.29, 0.717) is 5.56 Å². The van der Waals surface area contributed by atoms with E-state index in [0.717, 1.165) is 43.2 Å². The van der Waals surface area contributed by atoms with Crippen LogP contribution in [-0.4, -0.2) is 15.6 Å². The van der Waals surface area contributed by atoms with Crippen molar-refractivity contribution in [3.05, 3.63) is 35.0 Å². The highest BCUT2D eigenvalue weighted by molar-refractivity contribution is 5.96. The summed E-state index contributed by atoms with van der Waals surface area (Å²) in [5.41, 5.74) is 4.03. The van der Waals surface area contributed by atoms with E-state index < -0.39 is 5.97 Å². The van der Waals surface area contributed by atoms with Gasteiger partial charge in [-0.25, -0.2) is 4.79 Å². The lowest BCUT2D eigenvalue weighted by molar-refractivity contribution is 0.0697. The fourth-order valence-corrected chi connectivity index (χ4v) is 2.81. The number of aromatic carboxylic acids is 1. The average molecular weight is 273 g/mol. The molecule has 1 heterocycles. The quantitative estimate of drug-likeness (QED) is 0.854. The molecule has 0 aliphatic carbocycles. The summed E-state index contributed by atoms with van der Waals surface area (Å²) >= 11 is 0. The van der Waals surface area contributed by atoms with E-state index in [4.69, 9.17) is 0 Å². The smallest absolute Gasteiger partial charge is 0.335 e. The van der Waals surface area contributed by atoms with Gasteiger partial charge in [-0.15, -0.1) is 0 Å². The molecule has 0 spiro atoms. The van der Waals surface area contributed by atoms with Crippen molar-refractivity contribution in [2.75, 3.05) is 0 Å². The molecular weight excluding hydrogens is 250 g/mol. The summed E-state index contributed by atoms with van der Waals surface area (Å²) in [6.07, 6.45) is 6.37. The van der Waals surface area contributed by atoms with Crippen molar-refractivity contribution < 1.29 is 9.90 Å². The average Bonchev–Trinajstić information content (AvgIpc) is 2.82. The molecule has 1 aromatic carbocycles. The molecule has 0 radical (unpaired) electrons. The Labute approximate surface area is 120 Å². The second-order valence-corrected chi connectivity index (χ2v) is 5.23. The number of benzene rings is 1. The van der Waals surface area contributed by atoms with Crippen molar-refractivity contribution in [2.24, 2.45) is 0 Å². The summed E-state index contributed by atoms with van der Waals surface area (Å²) in [6, 6.07) is 3.66. The van der Waals surface area contributed by atoms with Gasteiger partial charge in [0.2, 0.25) is 0 Å². The van der Waals surface area contributed by atoms with Gasteiger partial charge < -0.3 is 9.67 Å². The number of rotatable bonds is 6. The Morgan fingerprint density at radius 3 is 2.50 bits per heavy atom. The monoisotopic (exact) mass is 273 g/mol. The molecule has 0 atom stereocenters. The molecule has 2 rings (SSSR count). The second kappa shape index (κ2) is 6.12. The van der Waals surface area contributed by atoms with Crippen molar-refractivity contribution in [1.29, 1.82) is 0 Å². The number of fused-ring (bicyclic) bond motifs is 1. The summed E-state index contributed by atoms with van der Waals surface area (Å²) in [6.45, 7) is 7.31. The van der Waals surface area contributed by atoms with Crippen LogP contribution in [0.15, 0.2) is 18.3 Å². The molecule has 108 valence electrons. The highest BCUT2D eigenvalue weighted by Crippen LogP contribution is 2.28. The minimum atomic E-state index is -0.840. The van der Waals surface area contributed by atoms with Gasteiger partial charge in [0, 0.05) is 18.1 Å². The maximum atomic E-state index is 11.3. The lowest BCUT2D eigenvalue weighted by Gasteiger charge is -2.08. The van der Waals surface area contributed by atoms with Crippen LogP contribution >= 0.6 is 0 Å². The molecule has 3 nitrogen and oxygen atoms in total. The van der Waals surface area contributed by atoms with Crippen LogP contribution in [0.4, 0.5) is 0 Å². The molecular formula is C17H23NO2. The van der Waals surface area contributed by atoms with Crippen molar-refractivity contribution in [3.63, 3.8) is 0 Å². The van der Waals surface area contributed by atoms with Crippen LogP contribution in [0.2, 0.25) is 0 Å². The molecule has 0 aliphatic heterocycles. The van der Waals surface area contributed by atoms with Gasteiger partial charge in [0.1, 0.15) is 0 Å². The number of carbonyl (C=O) groups is 1. The van der Waals surface area contributed by atoms with Gasteiger partial charge in [0.25, 0.3) is 0 Å². The number of hydrogen-bond acceptors (Lipinski definition) is 1. The predicted molar refractivity (Wildman–Crippen MR) is 82.6 cm³/mol. The maximum Gasteiger partial charge on any atom is 0.335 e. The zero-order valence-electron chi connectivity index (χ0n) is 12.6. The molecule has 0 unspecified atom stereocenters. The number of unbranched alkanes of at least 4 members (excludes halogenated alkanes) is 1. The highest BCUT2D eigenvalue weighted by Gasteiger charge is 2.15. The Bertz CT molecular complexity index is 625. The van der Waals surface area contributed by atoms with Crippen LogP contribution in [0.25, 0.3) is 10.9 Å². The van der Waals surface area contributed by atoms with Crippen LogP contribution in [0.3, 0.4) is 0 Å². The molecule has 0 amide bonds. The van der Waals surface area contributed by atoms with Crippen LogP contribution in [0, 0.1) is 0 Å². The molecule has 20 heavy (non-hydrogen) atoms. The molecule has 2 aromatic rings. The summed E-state index contributed by atoms with van der Waals surface area (Å²) in [5, 5.41) is 10.4. The molecule has 0 saturated heterocycles. The fraction of sp³-hybridized carbons (Fsp3) is 0.471. The molecule has 0 bridgehead atoms. The summed E-state index contributed by atoms with van der Waals surface area (Å²) in [4.78, 5) is 11.3. The first kappa shape index (κ1) is 14.6. The van der Waals surface area contributed by atoms with Crippen LogP contribution in [0.1, 0.15) is 55.1 Å². The Morgan fingerprint density at radius 2 is 1.95 bits per heavy atom. The first-order valence-electron chi connectivity index (χ1n) is 7.50. The Morgan fingerprint density at radius 1 is 1.20 bits per heavy atom. The predicted octanol–water partition coefficient (Wildman–Crippen LogP) is 4.26. The van der Waals surface area contributed by atoms with Gasteiger partial charge in [-0.05, 0) is 49.4 Å². The van der Waals surface area contributed by atoms with E-state index in [-0.39, 0.29) is 0 Å². The number of carboxylic acid groups (broad SMARTS) is 1. The molecule has 1 aromatic heterocycles. The molecule has 0 aliphatic rings. The van der Waals surface area contributed by atoms with E-state index in [9.17, 15) is 9.90 Å². The zero-order valence-corrected chi connectivity index (χ0v) is 12.6. The van der Waals surface area contributed by atoms with Gasteiger partial charge in [0.15, 0.2) is 0 Å². The van der Waals surface area contributed by atoms with Crippen molar-refractivity contribution in [3.8, 4) is 0 Å². The van der Waals surface area contributed by atoms with Gasteiger partial charge >= 0.3 is 5.97 Å². The molecule has 3 heteroatoms. The minimum absolute atomic E-state index is 0.404. The number of aryl methyl sites for hydroxylation is 3. The van der Waals surface area contributed by atoms with E-state index in [1.54, 1.807) is 0 Å². The fourth-order valence-electron chi connectivity index (χ4n) is 2.81. The summed E-state index contributed by atoms with van der Waals surface area (Å²) in [7, 11) is 0. The lowest BCUT2D eigenvalue weighted by Crippen LogP contribution is -2.00. The number of nitrogens with zero attached hydrogens (tertiary/aromatic N) is 1. The number of carboxylic acids is 1. The minimum Gasteiger partial charge on any atom is -0.478 e. The topological polar surface area (TPSA) is 42.2 Å². The first-order valence-corrected chi connectivity index (χ1v) is 7.50. The second-order valence-electron chi connectivity index (χ2n) is 5.23. The van der Waals surface area contributed by atoms with E-state index in [1.807, 2.05) is 12.1 Å². The van der Waals surface area contributed by atoms with E-state index >= 15 is 0 Å². The Kier molecular flexibility index (Phi) is 4.48. The third kappa shape index (κ3) is 2.58. The summed E-state index contributed by atoms with van der Waals surface area (Å²) in [5.74, 6) is -0.840. The van der Waals surface area contributed by atoms with Gasteiger partial charge in [-0.3, -0.25) is 0 Å². The third-order valence-corrected chi connectivity index (χ3v) is 3.90. The van der Waals surface area contributed by atoms with E-state index in [2.05, 4.69) is 31.5 Å². The number of aromatic nitrogens is 1. The third-order valence-electron chi connectivity index (χ3n) is 3.90. The molecule has 1 N–H and O–H groups in total. The SMILES string of the molecule is CCCCc1cn(CC)c2c(CC)cc(C(=O)O)cc12. The van der Waals surface area contributed by atoms with Crippen molar-refractivity contribution in [1.82, 2.24) is 4.57 Å². The maximum absolute atomic E-state index is 11.3. The van der Waals surface area contributed by atoms with Crippen LogP contribution in [0.5, 0.6) is 0 Å². The largest absolute Gasteiger partial charge is 0.478 e. The number of hydrogen-bond donors (Lipinski definition) is 1. The van der Waals surface area contributed by atoms with Gasteiger partial charge in [0.05, 0.1) is 11.1 Å². The van der Waals surface area contributed by atoms with Crippen molar-refractivity contribution in [2.45, 2.75) is 53.0 Å². The normalized spacial score (nSPS) is 11.2.